The van der Waals surface area contributed by atoms with Gasteiger partial charge in [0.15, 0.2) is 5.69 Å². The van der Waals surface area contributed by atoms with Crippen molar-refractivity contribution >= 4 is 33.3 Å². The predicted molar refractivity (Wildman–Crippen MR) is 101 cm³/mol. The number of rotatable bonds is 3. The first-order chi connectivity index (χ1) is 12.2. The van der Waals surface area contributed by atoms with Crippen molar-refractivity contribution in [2.24, 2.45) is 0 Å². The second-order valence-electron chi connectivity index (χ2n) is 6.60. The Labute approximate surface area is 146 Å². The average Bonchev–Trinajstić information content (AvgIpc) is 3.01. The van der Waals surface area contributed by atoms with Gasteiger partial charge in [-0.2, -0.15) is 0 Å². The Morgan fingerprint density at radius 3 is 2.92 bits per heavy atom. The monoisotopic (exact) mass is 334 g/mol. The molecule has 1 N–H and O–H groups in total. The molecule has 0 amide bonds. The number of fused-ring (bicyclic) bond motifs is 3. The zero-order valence-electron chi connectivity index (χ0n) is 14.7. The Morgan fingerprint density at radius 1 is 1.28 bits per heavy atom. The Kier molecular flexibility index (Phi) is 4.04. The third kappa shape index (κ3) is 2.72. The first-order valence-corrected chi connectivity index (χ1v) is 8.96. The van der Waals surface area contributed by atoms with E-state index in [4.69, 9.17) is 4.74 Å². The molecule has 25 heavy (non-hydrogen) atoms. The van der Waals surface area contributed by atoms with Gasteiger partial charge in [-0.3, -0.25) is 0 Å². The molecule has 0 aliphatic heterocycles. The smallest absolute Gasteiger partial charge is 0.357 e. The molecular weight excluding hydrogens is 312 g/mol. The van der Waals surface area contributed by atoms with E-state index >= 15 is 0 Å². The van der Waals surface area contributed by atoms with Crippen molar-refractivity contribution in [3.05, 3.63) is 47.3 Å². The van der Waals surface area contributed by atoms with Gasteiger partial charge in [-0.05, 0) is 68.4 Å². The number of ether oxygens (including phenoxy) is 1. The van der Waals surface area contributed by atoms with Gasteiger partial charge in [0.25, 0.3) is 0 Å². The molecule has 1 aliphatic carbocycles. The lowest BCUT2D eigenvalue weighted by molar-refractivity contribution is 0.0519. The van der Waals surface area contributed by atoms with Crippen LogP contribution in [0.1, 0.15) is 54.2 Å². The second kappa shape index (κ2) is 6.36. The third-order valence-corrected chi connectivity index (χ3v) is 5.01. The number of aromatic nitrogens is 2. The Balaban J connectivity index is 1.91. The highest BCUT2D eigenvalue weighted by molar-refractivity contribution is 6.11. The predicted octanol–water partition coefficient (Wildman–Crippen LogP) is 5.16. The normalized spacial score (nSPS) is 14.7. The van der Waals surface area contributed by atoms with Gasteiger partial charge in [-0.15, -0.1) is 0 Å². The number of carbonyl (C=O) groups excluding carboxylic acids is 1. The number of H-pyrrole nitrogens is 1. The lowest BCUT2D eigenvalue weighted by atomic mass is 9.92. The van der Waals surface area contributed by atoms with Crippen LogP contribution in [0, 0.1) is 6.92 Å². The van der Waals surface area contributed by atoms with E-state index in [-0.39, 0.29) is 5.97 Å². The average molecular weight is 334 g/mol. The van der Waals surface area contributed by atoms with Crippen LogP contribution < -0.4 is 0 Å². The number of nitrogens with one attached hydrogen (secondary N) is 1. The molecule has 1 aliphatic rings. The molecule has 0 saturated heterocycles. The van der Waals surface area contributed by atoms with Crippen molar-refractivity contribution in [3.63, 3.8) is 0 Å². The van der Waals surface area contributed by atoms with E-state index in [1.165, 1.54) is 24.0 Å². The number of nitrogens with zero attached hydrogens (tertiary/aromatic N) is 1. The summed E-state index contributed by atoms with van der Waals surface area (Å²) in [6.45, 7) is 4.10. The Morgan fingerprint density at radius 2 is 2.16 bits per heavy atom. The molecule has 4 nitrogen and oxygen atoms in total. The Hall–Kier alpha value is -2.62. The zero-order chi connectivity index (χ0) is 17.4. The van der Waals surface area contributed by atoms with Crippen LogP contribution in [0.5, 0.6) is 0 Å². The fraction of sp³-hybridized carbons (Fsp3) is 0.333. The van der Waals surface area contributed by atoms with Crippen molar-refractivity contribution < 1.29 is 9.53 Å². The molecule has 0 fully saturated rings. The van der Waals surface area contributed by atoms with Crippen molar-refractivity contribution in [2.75, 3.05) is 6.61 Å². The quantitative estimate of drug-likeness (QED) is 0.673. The lowest BCUT2D eigenvalue weighted by Crippen LogP contribution is -2.09. The van der Waals surface area contributed by atoms with E-state index in [1.54, 1.807) is 6.20 Å². The minimum atomic E-state index is -0.359. The van der Waals surface area contributed by atoms with Gasteiger partial charge in [0.2, 0.25) is 0 Å². The first-order valence-electron chi connectivity index (χ1n) is 8.96. The number of esters is 1. The molecule has 4 heteroatoms. The number of hydrogen-bond acceptors (Lipinski definition) is 3. The molecule has 3 aromatic rings. The number of pyridine rings is 1. The molecular formula is C21H22N2O2. The summed E-state index contributed by atoms with van der Waals surface area (Å²) in [4.78, 5) is 19.9. The standard InChI is InChI=1S/C21H22N2O2/c1-3-25-21(24)20-13(2)19-16-11-15(14-7-5-4-6-8-14)9-10-17(16)23-18(19)12-22-20/h7,9-12,23H,3-6,8H2,1-2H3. The maximum atomic E-state index is 12.2. The number of aromatic amines is 1. The van der Waals surface area contributed by atoms with Crippen molar-refractivity contribution in [2.45, 2.75) is 39.5 Å². The van der Waals surface area contributed by atoms with Crippen LogP contribution in [0.25, 0.3) is 27.4 Å². The minimum Gasteiger partial charge on any atom is -0.461 e. The summed E-state index contributed by atoms with van der Waals surface area (Å²) in [5.74, 6) is -0.359. The molecule has 1 aromatic carbocycles. The summed E-state index contributed by atoms with van der Waals surface area (Å²) in [6, 6.07) is 6.56. The molecule has 2 heterocycles. The van der Waals surface area contributed by atoms with Crippen LogP contribution >= 0.6 is 0 Å². The maximum absolute atomic E-state index is 12.2. The van der Waals surface area contributed by atoms with Crippen LogP contribution in [0.3, 0.4) is 0 Å². The lowest BCUT2D eigenvalue weighted by Gasteiger charge is -2.13. The van der Waals surface area contributed by atoms with Crippen LogP contribution in [-0.2, 0) is 4.74 Å². The number of hydrogen-bond donors (Lipinski definition) is 1. The van der Waals surface area contributed by atoms with Gasteiger partial charge in [0.05, 0.1) is 18.3 Å². The first kappa shape index (κ1) is 15.9. The van der Waals surface area contributed by atoms with E-state index in [0.717, 1.165) is 40.2 Å². The van der Waals surface area contributed by atoms with E-state index in [0.29, 0.717) is 12.3 Å². The molecule has 0 bridgehead atoms. The highest BCUT2D eigenvalue weighted by Gasteiger charge is 2.18. The topological polar surface area (TPSA) is 55.0 Å². The van der Waals surface area contributed by atoms with E-state index in [2.05, 4.69) is 34.2 Å². The second-order valence-corrected chi connectivity index (χ2v) is 6.60. The van der Waals surface area contributed by atoms with Crippen LogP contribution in [0.15, 0.2) is 30.5 Å². The van der Waals surface area contributed by atoms with E-state index in [1.807, 2.05) is 13.8 Å². The molecule has 0 unspecified atom stereocenters. The largest absolute Gasteiger partial charge is 0.461 e. The third-order valence-electron chi connectivity index (χ3n) is 5.01. The molecule has 0 atom stereocenters. The number of allylic oxidation sites excluding steroid dienone is 2. The highest BCUT2D eigenvalue weighted by Crippen LogP contribution is 2.33. The SMILES string of the molecule is CCOC(=O)c1ncc2[nH]c3ccc(C4=CCCCC4)cc3c2c1C. The molecule has 0 spiro atoms. The fourth-order valence-electron chi connectivity index (χ4n) is 3.76. The van der Waals surface area contributed by atoms with Gasteiger partial charge in [0.1, 0.15) is 0 Å². The van der Waals surface area contributed by atoms with E-state index < -0.39 is 0 Å². The van der Waals surface area contributed by atoms with Crippen molar-refractivity contribution in [1.82, 2.24) is 9.97 Å². The van der Waals surface area contributed by atoms with Crippen LogP contribution in [0.2, 0.25) is 0 Å². The number of carbonyl (C=O) groups is 1. The Bertz CT molecular complexity index is 998. The summed E-state index contributed by atoms with van der Waals surface area (Å²) in [7, 11) is 0. The van der Waals surface area contributed by atoms with E-state index in [9.17, 15) is 4.79 Å². The molecule has 0 saturated carbocycles. The minimum absolute atomic E-state index is 0.351. The van der Waals surface area contributed by atoms with Crippen molar-refractivity contribution in [1.29, 1.82) is 0 Å². The van der Waals surface area contributed by atoms with Gasteiger partial charge >= 0.3 is 5.97 Å². The maximum Gasteiger partial charge on any atom is 0.357 e. The summed E-state index contributed by atoms with van der Waals surface area (Å²) >= 11 is 0. The molecule has 4 rings (SSSR count). The van der Waals surface area contributed by atoms with Gasteiger partial charge in [-0.25, -0.2) is 9.78 Å². The molecule has 0 radical (unpaired) electrons. The molecule has 128 valence electrons. The summed E-state index contributed by atoms with van der Waals surface area (Å²) < 4.78 is 5.14. The summed E-state index contributed by atoms with van der Waals surface area (Å²) in [5.41, 5.74) is 6.01. The van der Waals surface area contributed by atoms with Gasteiger partial charge in [-0.1, -0.05) is 12.1 Å². The van der Waals surface area contributed by atoms with Crippen LogP contribution in [-0.4, -0.2) is 22.5 Å². The fourth-order valence-corrected chi connectivity index (χ4v) is 3.76. The van der Waals surface area contributed by atoms with Gasteiger partial charge in [0, 0.05) is 16.3 Å². The molecule has 2 aromatic heterocycles. The highest BCUT2D eigenvalue weighted by atomic mass is 16.5. The number of aryl methyl sites for hydroxylation is 1. The van der Waals surface area contributed by atoms with Crippen molar-refractivity contribution in [3.8, 4) is 0 Å². The van der Waals surface area contributed by atoms with Crippen LogP contribution in [0.4, 0.5) is 0 Å². The summed E-state index contributed by atoms with van der Waals surface area (Å²) in [5, 5.41) is 2.20. The van der Waals surface area contributed by atoms with Gasteiger partial charge < -0.3 is 9.72 Å². The number of benzene rings is 1. The summed E-state index contributed by atoms with van der Waals surface area (Å²) in [6.07, 6.45) is 8.94. The zero-order valence-corrected chi connectivity index (χ0v) is 14.7.